The summed E-state index contributed by atoms with van der Waals surface area (Å²) in [7, 11) is 0. The first-order valence-corrected chi connectivity index (χ1v) is 7.04. The van der Waals surface area contributed by atoms with Crippen LogP contribution in [0.5, 0.6) is 5.75 Å². The van der Waals surface area contributed by atoms with Gasteiger partial charge in [0.25, 0.3) is 0 Å². The molecule has 0 aromatic heterocycles. The average molecular weight is 313 g/mol. The van der Waals surface area contributed by atoms with E-state index in [1.54, 1.807) is 18.2 Å². The van der Waals surface area contributed by atoms with Crippen LogP contribution in [0.3, 0.4) is 0 Å². The Bertz CT molecular complexity index is 503. The van der Waals surface area contributed by atoms with Gasteiger partial charge in [-0.05, 0) is 43.5 Å². The van der Waals surface area contributed by atoms with Gasteiger partial charge in [-0.3, -0.25) is 4.79 Å². The predicted molar refractivity (Wildman–Crippen MR) is 80.6 cm³/mol. The summed E-state index contributed by atoms with van der Waals surface area (Å²) in [5.41, 5.74) is 0.239. The smallest absolute Gasteiger partial charge is 0.387 e. The Hall–Kier alpha value is -1.95. The topological polar surface area (TPSA) is 58.6 Å². The second kappa shape index (κ2) is 8.48. The molecule has 1 unspecified atom stereocenters. The quantitative estimate of drug-likeness (QED) is 0.725. The summed E-state index contributed by atoms with van der Waals surface area (Å²) >= 11 is 0. The number of nitrogens with one attached hydrogen (secondary N) is 1. The molecule has 2 N–H and O–H groups in total. The number of aliphatic hydroxyl groups excluding tert-OH is 1. The molecule has 1 aromatic carbocycles. The molecule has 1 amide bonds. The van der Waals surface area contributed by atoms with E-state index >= 15 is 0 Å². The number of hydrogen-bond acceptors (Lipinski definition) is 3. The summed E-state index contributed by atoms with van der Waals surface area (Å²) in [6.07, 6.45) is 4.13. The first-order chi connectivity index (χ1) is 10.4. The van der Waals surface area contributed by atoms with Crippen LogP contribution in [0.4, 0.5) is 8.78 Å². The Balaban J connectivity index is 2.62. The highest BCUT2D eigenvalue weighted by Crippen LogP contribution is 2.16. The van der Waals surface area contributed by atoms with Crippen LogP contribution in [0, 0.1) is 0 Å². The number of ether oxygens (including phenoxy) is 1. The van der Waals surface area contributed by atoms with Crippen molar-refractivity contribution in [2.24, 2.45) is 0 Å². The van der Waals surface area contributed by atoms with Gasteiger partial charge in [0.05, 0.1) is 0 Å². The Morgan fingerprint density at radius 1 is 1.41 bits per heavy atom. The molecular formula is C16H21F2NO3. The van der Waals surface area contributed by atoms with E-state index in [0.29, 0.717) is 18.4 Å². The molecule has 122 valence electrons. The van der Waals surface area contributed by atoms with E-state index in [2.05, 4.69) is 10.1 Å². The first-order valence-electron chi connectivity index (χ1n) is 7.04. The van der Waals surface area contributed by atoms with Crippen LogP contribution in [-0.4, -0.2) is 29.8 Å². The van der Waals surface area contributed by atoms with E-state index in [9.17, 15) is 13.6 Å². The second-order valence-corrected chi connectivity index (χ2v) is 5.16. The fraction of sp³-hybridized carbons (Fsp3) is 0.438. The van der Waals surface area contributed by atoms with Crippen LogP contribution >= 0.6 is 0 Å². The van der Waals surface area contributed by atoms with Crippen molar-refractivity contribution in [3.63, 3.8) is 0 Å². The molecule has 0 saturated heterocycles. The zero-order valence-corrected chi connectivity index (χ0v) is 12.7. The van der Waals surface area contributed by atoms with Gasteiger partial charge in [0, 0.05) is 18.2 Å². The lowest BCUT2D eigenvalue weighted by Gasteiger charge is -2.28. The molecule has 0 aliphatic carbocycles. The third kappa shape index (κ3) is 6.22. The summed E-state index contributed by atoms with van der Waals surface area (Å²) < 4.78 is 28.3. The Morgan fingerprint density at radius 2 is 2.05 bits per heavy atom. The lowest BCUT2D eigenvalue weighted by Crippen LogP contribution is -2.45. The average Bonchev–Trinajstić information content (AvgIpc) is 2.46. The molecule has 0 aliphatic heterocycles. The van der Waals surface area contributed by atoms with Crippen molar-refractivity contribution in [1.29, 1.82) is 0 Å². The van der Waals surface area contributed by atoms with Gasteiger partial charge in [-0.25, -0.2) is 0 Å². The lowest BCUT2D eigenvalue weighted by atomic mass is 9.95. The lowest BCUT2D eigenvalue weighted by molar-refractivity contribution is -0.118. The van der Waals surface area contributed by atoms with E-state index in [1.165, 1.54) is 18.2 Å². The monoisotopic (exact) mass is 313 g/mol. The van der Waals surface area contributed by atoms with E-state index in [4.69, 9.17) is 5.11 Å². The summed E-state index contributed by atoms with van der Waals surface area (Å²) in [6.45, 7) is 0.942. The molecule has 0 heterocycles. The number of rotatable bonds is 8. The van der Waals surface area contributed by atoms with Gasteiger partial charge >= 0.3 is 6.61 Å². The molecule has 0 fully saturated rings. The summed E-state index contributed by atoms with van der Waals surface area (Å²) in [4.78, 5) is 11.9. The highest BCUT2D eigenvalue weighted by atomic mass is 19.3. The Kier molecular flexibility index (Phi) is 6.98. The molecule has 1 atom stereocenters. The molecule has 1 rings (SSSR count). The second-order valence-electron chi connectivity index (χ2n) is 5.16. The molecule has 0 aliphatic rings. The molecule has 0 radical (unpaired) electrons. The number of alkyl halides is 2. The number of carbonyl (C=O) groups is 1. The Morgan fingerprint density at radius 3 is 2.55 bits per heavy atom. The van der Waals surface area contributed by atoms with Gasteiger partial charge in [-0.1, -0.05) is 19.1 Å². The zero-order chi connectivity index (χ0) is 16.6. The highest BCUT2D eigenvalue weighted by molar-refractivity contribution is 5.92. The predicted octanol–water partition coefficient (Wildman–Crippen LogP) is 2.97. The number of amides is 1. The van der Waals surface area contributed by atoms with Crippen molar-refractivity contribution in [1.82, 2.24) is 5.32 Å². The molecular weight excluding hydrogens is 292 g/mol. The number of carbonyl (C=O) groups excluding carboxylic acids is 1. The van der Waals surface area contributed by atoms with E-state index < -0.39 is 12.2 Å². The molecule has 6 heteroatoms. The largest absolute Gasteiger partial charge is 0.435 e. The van der Waals surface area contributed by atoms with Crippen LogP contribution in [0.2, 0.25) is 0 Å². The van der Waals surface area contributed by atoms with Gasteiger partial charge in [-0.2, -0.15) is 8.78 Å². The standard InChI is InChI=1S/C16H21F2NO3/c1-3-16(2,10-11-20)19-14(21)9-6-12-4-7-13(8-5-12)22-15(17)18/h4-9,15,20H,3,10-11H2,1-2H3,(H,19,21)/b9-6+. The SMILES string of the molecule is CCC(C)(CCO)NC(=O)/C=C/c1ccc(OC(F)F)cc1. The van der Waals surface area contributed by atoms with Gasteiger partial charge < -0.3 is 15.2 Å². The fourth-order valence-electron chi connectivity index (χ4n) is 1.85. The van der Waals surface area contributed by atoms with Crippen molar-refractivity contribution in [2.45, 2.75) is 38.8 Å². The first kappa shape index (κ1) is 18.1. The number of halogens is 2. The number of aliphatic hydroxyl groups is 1. The van der Waals surface area contributed by atoms with Crippen molar-refractivity contribution in [3.8, 4) is 5.75 Å². The summed E-state index contributed by atoms with van der Waals surface area (Å²) in [5, 5.41) is 11.8. The fourth-order valence-corrected chi connectivity index (χ4v) is 1.85. The minimum Gasteiger partial charge on any atom is -0.435 e. The summed E-state index contributed by atoms with van der Waals surface area (Å²) in [6, 6.07) is 5.97. The highest BCUT2D eigenvalue weighted by Gasteiger charge is 2.22. The Labute approximate surface area is 128 Å². The van der Waals surface area contributed by atoms with Gasteiger partial charge in [-0.15, -0.1) is 0 Å². The van der Waals surface area contributed by atoms with Crippen LogP contribution < -0.4 is 10.1 Å². The zero-order valence-electron chi connectivity index (χ0n) is 12.7. The van der Waals surface area contributed by atoms with Crippen LogP contribution in [0.25, 0.3) is 6.08 Å². The third-order valence-electron chi connectivity index (χ3n) is 3.40. The van der Waals surface area contributed by atoms with E-state index in [0.717, 1.165) is 0 Å². The summed E-state index contributed by atoms with van der Waals surface area (Å²) in [5.74, 6) is -0.205. The van der Waals surface area contributed by atoms with Crippen molar-refractivity contribution in [3.05, 3.63) is 35.9 Å². The maximum atomic E-state index is 12.0. The normalized spacial score (nSPS) is 14.1. The van der Waals surface area contributed by atoms with E-state index in [1.807, 2.05) is 13.8 Å². The van der Waals surface area contributed by atoms with Crippen LogP contribution in [-0.2, 0) is 4.79 Å². The molecule has 0 bridgehead atoms. The molecule has 22 heavy (non-hydrogen) atoms. The van der Waals surface area contributed by atoms with Crippen molar-refractivity contribution < 1.29 is 23.4 Å². The number of benzene rings is 1. The van der Waals surface area contributed by atoms with Gasteiger partial charge in [0.2, 0.25) is 5.91 Å². The number of hydrogen-bond donors (Lipinski definition) is 2. The maximum Gasteiger partial charge on any atom is 0.387 e. The molecule has 4 nitrogen and oxygen atoms in total. The van der Waals surface area contributed by atoms with Crippen LogP contribution in [0.15, 0.2) is 30.3 Å². The minimum atomic E-state index is -2.86. The maximum absolute atomic E-state index is 12.0. The van der Waals surface area contributed by atoms with Crippen molar-refractivity contribution in [2.75, 3.05) is 6.61 Å². The van der Waals surface area contributed by atoms with Crippen molar-refractivity contribution >= 4 is 12.0 Å². The molecule has 0 saturated carbocycles. The minimum absolute atomic E-state index is 0.0000661. The molecule has 0 spiro atoms. The van der Waals surface area contributed by atoms with Gasteiger partial charge in [0.15, 0.2) is 0 Å². The third-order valence-corrected chi connectivity index (χ3v) is 3.40. The van der Waals surface area contributed by atoms with Crippen LogP contribution in [0.1, 0.15) is 32.3 Å². The molecule has 1 aromatic rings. The van der Waals surface area contributed by atoms with E-state index in [-0.39, 0.29) is 18.3 Å². The van der Waals surface area contributed by atoms with Gasteiger partial charge in [0.1, 0.15) is 5.75 Å².